The standard InChI is InChI=1S/C29H33Cl2FN4O3/c1-18-26(27(22-7-10-24(30)25(31)17-22)36(19(2)37)29(39)34(18)3)28(38)33-13-4-14-35-15-11-21(12-16-35)20-5-8-23(32)9-6-20/h5-10,17,21,27H,4,11-16H2,1-3H3,(H,33,38)/t27-/m1/s1. The number of imide groups is 1. The van der Waals surface area contributed by atoms with E-state index in [-0.39, 0.29) is 16.7 Å². The Balaban J connectivity index is 1.39. The van der Waals surface area contributed by atoms with Crippen molar-refractivity contribution in [2.45, 2.75) is 45.1 Å². The van der Waals surface area contributed by atoms with Crippen molar-refractivity contribution < 1.29 is 18.8 Å². The van der Waals surface area contributed by atoms with Gasteiger partial charge < -0.3 is 15.1 Å². The van der Waals surface area contributed by atoms with Crippen LogP contribution < -0.4 is 5.32 Å². The lowest BCUT2D eigenvalue weighted by Gasteiger charge is -2.40. The predicted molar refractivity (Wildman–Crippen MR) is 150 cm³/mol. The lowest BCUT2D eigenvalue weighted by Crippen LogP contribution is -2.52. The van der Waals surface area contributed by atoms with Crippen LogP contribution in [0.3, 0.4) is 0 Å². The first-order chi connectivity index (χ1) is 18.6. The smallest absolute Gasteiger partial charge is 0.331 e. The molecule has 0 spiro atoms. The maximum absolute atomic E-state index is 13.5. The Kier molecular flexibility index (Phi) is 9.31. The number of nitrogens with zero attached hydrogens (tertiary/aromatic N) is 3. The van der Waals surface area contributed by atoms with E-state index in [0.29, 0.717) is 34.3 Å². The van der Waals surface area contributed by atoms with Crippen LogP contribution in [0.4, 0.5) is 9.18 Å². The van der Waals surface area contributed by atoms with Crippen molar-refractivity contribution in [1.29, 1.82) is 0 Å². The molecule has 0 aliphatic carbocycles. The molecule has 1 saturated heterocycles. The minimum Gasteiger partial charge on any atom is -0.352 e. The normalized spacial score (nSPS) is 19.0. The molecule has 0 unspecified atom stereocenters. The quantitative estimate of drug-likeness (QED) is 0.427. The highest BCUT2D eigenvalue weighted by atomic mass is 35.5. The summed E-state index contributed by atoms with van der Waals surface area (Å²) in [5.74, 6) is -0.605. The lowest BCUT2D eigenvalue weighted by atomic mass is 9.89. The molecule has 39 heavy (non-hydrogen) atoms. The summed E-state index contributed by atoms with van der Waals surface area (Å²) in [7, 11) is 1.54. The van der Waals surface area contributed by atoms with Crippen LogP contribution in [-0.4, -0.2) is 65.8 Å². The molecule has 2 heterocycles. The highest BCUT2D eigenvalue weighted by molar-refractivity contribution is 6.42. The van der Waals surface area contributed by atoms with Crippen molar-refractivity contribution in [2.75, 3.05) is 33.2 Å². The summed E-state index contributed by atoms with van der Waals surface area (Å²) in [4.78, 5) is 43.9. The molecule has 1 fully saturated rings. The second kappa shape index (κ2) is 12.5. The Hall–Kier alpha value is -2.94. The Morgan fingerprint density at radius 2 is 1.67 bits per heavy atom. The van der Waals surface area contributed by atoms with E-state index >= 15 is 0 Å². The fraction of sp³-hybridized carbons (Fsp3) is 0.414. The van der Waals surface area contributed by atoms with Gasteiger partial charge in [-0.15, -0.1) is 0 Å². The molecule has 4 rings (SSSR count). The van der Waals surface area contributed by atoms with Gasteiger partial charge in [0.2, 0.25) is 5.91 Å². The molecular formula is C29H33Cl2FN4O3. The van der Waals surface area contributed by atoms with Crippen LogP contribution >= 0.6 is 23.2 Å². The third-order valence-electron chi connectivity index (χ3n) is 7.63. The molecule has 208 valence electrons. The first kappa shape index (κ1) is 29.1. The second-order valence-corrected chi connectivity index (χ2v) is 10.9. The molecule has 7 nitrogen and oxygen atoms in total. The van der Waals surface area contributed by atoms with Gasteiger partial charge >= 0.3 is 6.03 Å². The maximum atomic E-state index is 13.5. The zero-order valence-electron chi connectivity index (χ0n) is 22.3. The Bertz CT molecular complexity index is 1280. The first-order valence-corrected chi connectivity index (χ1v) is 13.8. The second-order valence-electron chi connectivity index (χ2n) is 10.1. The number of halogens is 3. The summed E-state index contributed by atoms with van der Waals surface area (Å²) < 4.78 is 13.2. The zero-order valence-corrected chi connectivity index (χ0v) is 23.9. The van der Waals surface area contributed by atoms with E-state index in [1.165, 1.54) is 29.5 Å². The highest BCUT2D eigenvalue weighted by Gasteiger charge is 2.42. The average molecular weight is 576 g/mol. The molecular weight excluding hydrogens is 542 g/mol. The number of hydrogen-bond donors (Lipinski definition) is 1. The van der Waals surface area contributed by atoms with Crippen LogP contribution in [-0.2, 0) is 9.59 Å². The third kappa shape index (κ3) is 6.45. The largest absolute Gasteiger partial charge is 0.352 e. The SMILES string of the molecule is CC(=O)N1C(=O)N(C)C(C)=C(C(=O)NCCCN2CCC(c3ccc(F)cc3)CC2)[C@H]1c1ccc(Cl)c(Cl)c1. The van der Waals surface area contributed by atoms with Gasteiger partial charge in [0.05, 0.1) is 21.7 Å². The number of nitrogens with one attached hydrogen (secondary N) is 1. The molecule has 2 aliphatic heterocycles. The fourth-order valence-corrected chi connectivity index (χ4v) is 5.66. The summed E-state index contributed by atoms with van der Waals surface area (Å²) in [6.07, 6.45) is 2.77. The van der Waals surface area contributed by atoms with Crippen molar-refractivity contribution in [3.05, 3.63) is 80.7 Å². The van der Waals surface area contributed by atoms with Crippen molar-refractivity contribution >= 4 is 41.0 Å². The van der Waals surface area contributed by atoms with E-state index in [2.05, 4.69) is 10.2 Å². The fourth-order valence-electron chi connectivity index (χ4n) is 5.35. The van der Waals surface area contributed by atoms with Crippen molar-refractivity contribution in [1.82, 2.24) is 20.0 Å². The minimum atomic E-state index is -0.925. The minimum absolute atomic E-state index is 0.215. The van der Waals surface area contributed by atoms with E-state index in [1.54, 1.807) is 32.2 Å². The van der Waals surface area contributed by atoms with Crippen LogP contribution in [0.1, 0.15) is 56.2 Å². The Labute approximate surface area is 238 Å². The monoisotopic (exact) mass is 574 g/mol. The number of benzene rings is 2. The Morgan fingerprint density at radius 3 is 2.28 bits per heavy atom. The summed E-state index contributed by atoms with van der Waals surface area (Å²) in [5, 5.41) is 3.59. The molecule has 4 amide bonds. The zero-order chi connectivity index (χ0) is 28.3. The number of carbonyl (C=O) groups is 3. The molecule has 2 aliphatic rings. The van der Waals surface area contributed by atoms with E-state index in [1.807, 2.05) is 12.1 Å². The van der Waals surface area contributed by atoms with Crippen molar-refractivity contribution in [3.8, 4) is 0 Å². The van der Waals surface area contributed by atoms with Gasteiger partial charge in [-0.1, -0.05) is 41.4 Å². The van der Waals surface area contributed by atoms with Crippen LogP contribution in [0.15, 0.2) is 53.7 Å². The molecule has 2 aromatic rings. The topological polar surface area (TPSA) is 73.0 Å². The number of carbonyl (C=O) groups excluding carboxylic acids is 3. The molecule has 2 aromatic carbocycles. The highest BCUT2D eigenvalue weighted by Crippen LogP contribution is 2.38. The van der Waals surface area contributed by atoms with E-state index < -0.39 is 18.0 Å². The molecule has 0 radical (unpaired) electrons. The van der Waals surface area contributed by atoms with Gasteiger partial charge in [-0.25, -0.2) is 9.18 Å². The predicted octanol–water partition coefficient (Wildman–Crippen LogP) is 5.75. The van der Waals surface area contributed by atoms with Gasteiger partial charge in [0.1, 0.15) is 5.82 Å². The summed E-state index contributed by atoms with van der Waals surface area (Å²) in [6.45, 7) is 6.16. The molecule has 1 atom stereocenters. The number of likely N-dealkylation sites (tertiary alicyclic amines) is 1. The van der Waals surface area contributed by atoms with Crippen LogP contribution in [0.2, 0.25) is 10.0 Å². The van der Waals surface area contributed by atoms with Gasteiger partial charge in [0.15, 0.2) is 0 Å². The summed E-state index contributed by atoms with van der Waals surface area (Å²) >= 11 is 12.3. The van der Waals surface area contributed by atoms with Crippen LogP contribution in [0.25, 0.3) is 0 Å². The van der Waals surface area contributed by atoms with Gasteiger partial charge in [-0.3, -0.25) is 14.5 Å². The number of allylic oxidation sites excluding steroid dienone is 1. The van der Waals surface area contributed by atoms with Gasteiger partial charge in [0.25, 0.3) is 5.91 Å². The number of amides is 4. The third-order valence-corrected chi connectivity index (χ3v) is 8.37. The maximum Gasteiger partial charge on any atom is 0.331 e. The first-order valence-electron chi connectivity index (χ1n) is 13.1. The lowest BCUT2D eigenvalue weighted by molar-refractivity contribution is -0.128. The number of urea groups is 1. The van der Waals surface area contributed by atoms with Gasteiger partial charge in [0, 0.05) is 26.2 Å². The van der Waals surface area contributed by atoms with Crippen molar-refractivity contribution in [2.24, 2.45) is 0 Å². The van der Waals surface area contributed by atoms with Crippen LogP contribution in [0, 0.1) is 5.82 Å². The molecule has 0 bridgehead atoms. The average Bonchev–Trinajstić information content (AvgIpc) is 2.91. The number of rotatable bonds is 7. The molecule has 1 N–H and O–H groups in total. The van der Waals surface area contributed by atoms with Crippen molar-refractivity contribution in [3.63, 3.8) is 0 Å². The number of hydrogen-bond acceptors (Lipinski definition) is 4. The number of piperidine rings is 1. The van der Waals surface area contributed by atoms with Gasteiger partial charge in [-0.05, 0) is 87.1 Å². The molecule has 0 saturated carbocycles. The summed E-state index contributed by atoms with van der Waals surface area (Å²) in [5.41, 5.74) is 2.48. The molecule has 0 aromatic heterocycles. The van der Waals surface area contributed by atoms with E-state index in [0.717, 1.165) is 43.8 Å². The summed E-state index contributed by atoms with van der Waals surface area (Å²) in [6, 6.07) is 10.2. The Morgan fingerprint density at radius 1 is 1.03 bits per heavy atom. The van der Waals surface area contributed by atoms with Gasteiger partial charge in [-0.2, -0.15) is 0 Å². The molecule has 10 heteroatoms. The van der Waals surface area contributed by atoms with Crippen LogP contribution in [0.5, 0.6) is 0 Å². The van der Waals surface area contributed by atoms with E-state index in [4.69, 9.17) is 23.2 Å². The van der Waals surface area contributed by atoms with E-state index in [9.17, 15) is 18.8 Å².